The van der Waals surface area contributed by atoms with Crippen LogP contribution < -0.4 is 0 Å². The summed E-state index contributed by atoms with van der Waals surface area (Å²) >= 11 is 6.32. The molecule has 13 heteroatoms. The Morgan fingerprint density at radius 3 is 2.15 bits per heavy atom. The smallest absolute Gasteiger partial charge is 0.475 e. The lowest BCUT2D eigenvalue weighted by molar-refractivity contribution is -0.192. The Hall–Kier alpha value is -2.31. The Morgan fingerprint density at radius 1 is 1.15 bits per heavy atom. The molecule has 8 nitrogen and oxygen atoms in total. The molecule has 0 saturated carbocycles. The highest BCUT2D eigenvalue weighted by molar-refractivity contribution is 7.89. The second-order valence-corrected chi connectivity index (χ2v) is 10.3. The number of fused-ring (bicyclic) bond motifs is 3. The molecular weight excluding hydrogens is 489 g/mol. The minimum absolute atomic E-state index is 0.116. The van der Waals surface area contributed by atoms with Crippen molar-refractivity contribution in [3.8, 4) is 0 Å². The van der Waals surface area contributed by atoms with Gasteiger partial charge < -0.3 is 14.7 Å². The highest BCUT2D eigenvalue weighted by Gasteiger charge is 2.40. The number of aliphatic carboxylic acids is 1. The predicted octanol–water partition coefficient (Wildman–Crippen LogP) is 3.52. The fraction of sp³-hybridized carbons (Fsp3) is 0.500. The van der Waals surface area contributed by atoms with Crippen molar-refractivity contribution in [3.05, 3.63) is 35.0 Å². The largest absolute Gasteiger partial charge is 0.490 e. The molecule has 2 saturated heterocycles. The topological polar surface area (TPSA) is 106 Å². The van der Waals surface area contributed by atoms with Gasteiger partial charge in [-0.25, -0.2) is 22.0 Å². The summed E-state index contributed by atoms with van der Waals surface area (Å²) in [6, 6.07) is 7.67. The lowest BCUT2D eigenvalue weighted by Crippen LogP contribution is -2.43. The summed E-state index contributed by atoms with van der Waals surface area (Å²) in [5, 5.41) is 7.50. The number of aromatic nitrogens is 1. The van der Waals surface area contributed by atoms with Crippen molar-refractivity contribution in [2.75, 3.05) is 13.3 Å². The first-order chi connectivity index (χ1) is 15.2. The van der Waals surface area contributed by atoms with Crippen molar-refractivity contribution in [1.29, 1.82) is 0 Å². The second-order valence-electron chi connectivity index (χ2n) is 8.06. The highest BCUT2D eigenvalue weighted by atomic mass is 35.5. The van der Waals surface area contributed by atoms with Crippen LogP contribution in [0.2, 0.25) is 5.15 Å². The molecule has 2 aromatic rings. The lowest BCUT2D eigenvalue weighted by atomic mass is 10.0. The number of carboxylic acids is 1. The third-order valence-corrected chi connectivity index (χ3v) is 7.38. The Labute approximate surface area is 192 Å². The van der Waals surface area contributed by atoms with Crippen LogP contribution in [-0.2, 0) is 19.6 Å². The van der Waals surface area contributed by atoms with Gasteiger partial charge in [-0.15, -0.1) is 0 Å². The number of carboxylic acid groups (broad SMARTS) is 1. The second kappa shape index (κ2) is 9.15. The Bertz CT molecular complexity index is 1170. The molecular formula is C20H22ClF3N2O6S. The molecule has 182 valence electrons. The minimum Gasteiger partial charge on any atom is -0.475 e. The monoisotopic (exact) mass is 510 g/mol. The molecule has 3 atom stereocenters. The summed E-state index contributed by atoms with van der Waals surface area (Å²) in [6.07, 6.45) is -0.308. The van der Waals surface area contributed by atoms with Gasteiger partial charge in [0.15, 0.2) is 0 Å². The molecule has 2 fully saturated rings. The van der Waals surface area contributed by atoms with Crippen LogP contribution in [0.1, 0.15) is 36.0 Å². The number of esters is 1. The number of hydrogen-bond donors (Lipinski definition) is 1. The molecule has 2 aliphatic rings. The maximum atomic E-state index is 12.9. The van der Waals surface area contributed by atoms with E-state index in [1.165, 1.54) is 0 Å². The van der Waals surface area contributed by atoms with Gasteiger partial charge in [-0.2, -0.15) is 13.2 Å². The SMILES string of the molecule is CN1[C@@H]2CC[C@H]1C[C@@H](OC(=O)c1c(Cl)n(S(C)(=O)=O)c3ccccc13)C2.O=C(O)C(F)(F)F. The van der Waals surface area contributed by atoms with E-state index in [1.54, 1.807) is 24.3 Å². The summed E-state index contributed by atoms with van der Waals surface area (Å²) < 4.78 is 62.8. The normalized spacial score (nSPS) is 23.2. The van der Waals surface area contributed by atoms with Gasteiger partial charge in [-0.3, -0.25) is 0 Å². The van der Waals surface area contributed by atoms with Crippen LogP contribution in [-0.4, -0.2) is 72.0 Å². The van der Waals surface area contributed by atoms with Crippen LogP contribution in [0.3, 0.4) is 0 Å². The Morgan fingerprint density at radius 2 is 1.67 bits per heavy atom. The van der Waals surface area contributed by atoms with E-state index in [0.29, 0.717) is 23.0 Å². The van der Waals surface area contributed by atoms with E-state index >= 15 is 0 Å². The minimum atomic E-state index is -5.08. The first kappa shape index (κ1) is 25.3. The number of rotatable bonds is 3. The molecule has 1 aromatic heterocycles. The molecule has 0 unspecified atom stereocenters. The molecule has 0 spiro atoms. The number of benzene rings is 1. The van der Waals surface area contributed by atoms with E-state index in [1.807, 2.05) is 0 Å². The molecule has 3 heterocycles. The molecule has 33 heavy (non-hydrogen) atoms. The average molecular weight is 511 g/mol. The van der Waals surface area contributed by atoms with Crippen LogP contribution in [0.4, 0.5) is 13.2 Å². The Balaban J connectivity index is 0.000000383. The molecule has 2 aliphatic heterocycles. The Kier molecular flexibility index (Phi) is 7.02. The zero-order valence-corrected chi connectivity index (χ0v) is 19.2. The van der Waals surface area contributed by atoms with Crippen molar-refractivity contribution >= 4 is 44.5 Å². The number of carbonyl (C=O) groups is 2. The number of alkyl halides is 3. The fourth-order valence-electron chi connectivity index (χ4n) is 4.37. The standard InChI is InChI=1S/C18H21ClN2O4S.C2HF3O2/c1-20-11-7-8-12(20)10-13(9-11)25-18(22)16-14-5-3-4-6-15(14)21(17(16)19)26(2,23)24;3-2(4,5)1(6)7/h3-6,11-13H,7-10H2,1-2H3;(H,6,7)/t11-,12+,13+;. The van der Waals surface area contributed by atoms with E-state index < -0.39 is 28.1 Å². The van der Waals surface area contributed by atoms with Crippen LogP contribution in [0, 0.1) is 0 Å². The maximum Gasteiger partial charge on any atom is 0.490 e. The summed E-state index contributed by atoms with van der Waals surface area (Å²) in [6.45, 7) is 0. The zero-order chi connectivity index (χ0) is 24.7. The maximum absolute atomic E-state index is 12.9. The molecule has 1 aromatic carbocycles. The first-order valence-corrected chi connectivity index (χ1v) is 12.2. The van der Waals surface area contributed by atoms with Gasteiger partial charge in [0.05, 0.1) is 11.8 Å². The number of nitrogens with zero attached hydrogens (tertiary/aromatic N) is 2. The third-order valence-electron chi connectivity index (χ3n) is 5.88. The number of carbonyl (C=O) groups excluding carboxylic acids is 1. The quantitative estimate of drug-likeness (QED) is 0.630. The number of hydrogen-bond acceptors (Lipinski definition) is 6. The summed E-state index contributed by atoms with van der Waals surface area (Å²) in [5.41, 5.74) is 0.509. The van der Waals surface area contributed by atoms with E-state index in [2.05, 4.69) is 11.9 Å². The predicted molar refractivity (Wildman–Crippen MR) is 114 cm³/mol. The molecule has 1 N–H and O–H groups in total. The van der Waals surface area contributed by atoms with Gasteiger partial charge in [0.1, 0.15) is 16.8 Å². The van der Waals surface area contributed by atoms with Crippen molar-refractivity contribution < 1.29 is 41.0 Å². The van der Waals surface area contributed by atoms with E-state index in [9.17, 15) is 26.4 Å². The van der Waals surface area contributed by atoms with Gasteiger partial charge >= 0.3 is 18.1 Å². The van der Waals surface area contributed by atoms with E-state index in [4.69, 9.17) is 26.2 Å². The van der Waals surface area contributed by atoms with Gasteiger partial charge in [0.25, 0.3) is 0 Å². The van der Waals surface area contributed by atoms with Crippen molar-refractivity contribution in [2.24, 2.45) is 0 Å². The molecule has 4 rings (SSSR count). The first-order valence-electron chi connectivity index (χ1n) is 9.94. The van der Waals surface area contributed by atoms with Gasteiger partial charge in [0.2, 0.25) is 10.0 Å². The highest BCUT2D eigenvalue weighted by Crippen LogP contribution is 2.37. The van der Waals surface area contributed by atoms with Crippen LogP contribution >= 0.6 is 11.6 Å². The number of para-hydroxylation sites is 1. The number of ether oxygens (including phenoxy) is 1. The molecule has 0 aliphatic carbocycles. The lowest BCUT2D eigenvalue weighted by Gasteiger charge is -2.35. The van der Waals surface area contributed by atoms with Crippen LogP contribution in [0.25, 0.3) is 10.9 Å². The van der Waals surface area contributed by atoms with Gasteiger partial charge in [0, 0.05) is 30.3 Å². The van der Waals surface area contributed by atoms with Crippen LogP contribution in [0.15, 0.2) is 24.3 Å². The number of piperidine rings is 1. The van der Waals surface area contributed by atoms with Crippen molar-refractivity contribution in [1.82, 2.24) is 8.87 Å². The van der Waals surface area contributed by atoms with Gasteiger partial charge in [-0.05, 0) is 26.0 Å². The molecule has 2 bridgehead atoms. The van der Waals surface area contributed by atoms with Crippen molar-refractivity contribution in [3.63, 3.8) is 0 Å². The van der Waals surface area contributed by atoms with Crippen molar-refractivity contribution in [2.45, 2.75) is 50.0 Å². The molecule has 0 amide bonds. The summed E-state index contributed by atoms with van der Waals surface area (Å²) in [7, 11) is -1.53. The zero-order valence-electron chi connectivity index (χ0n) is 17.7. The average Bonchev–Trinajstić information content (AvgIpc) is 3.08. The fourth-order valence-corrected chi connectivity index (χ4v) is 5.91. The molecule has 0 radical (unpaired) electrons. The van der Waals surface area contributed by atoms with Gasteiger partial charge in [-0.1, -0.05) is 29.8 Å². The number of halogens is 4. The summed E-state index contributed by atoms with van der Waals surface area (Å²) in [5.74, 6) is -3.31. The van der Waals surface area contributed by atoms with E-state index in [-0.39, 0.29) is 16.8 Å². The van der Waals surface area contributed by atoms with E-state index in [0.717, 1.165) is 35.9 Å². The summed E-state index contributed by atoms with van der Waals surface area (Å²) in [4.78, 5) is 24.1. The van der Waals surface area contributed by atoms with Crippen LogP contribution in [0.5, 0.6) is 0 Å². The third kappa shape index (κ3) is 5.28.